The SMILES string of the molecule is CCCCCCc1c(NC)c(=S)c1=O.CCN(C)c1c(N(C)CCCC(C)(C)C)c(=O)c1=S.CCN(C)c1c(NCCCC(C)(C)C)c(=O)c1=S.CCN(CC)c1c(N(C)CCCC(C)(C)C)c(=O)c1=S.CCN(CC)c1c(NCCCC(C)(C)C)c(=O)c1=S.CCNc1c(N(C)CCCC(C)(C)C)c(=O)c1=S.CN(C)c1c(N(C)CCCC(C)(C)C)c(=O)c1=S.CNc1c(N(C)CCCC(C)(C)C)c(=O)c1=S. The fraction of sp³-hybridized carbons (Fsp3) is 0.714. The van der Waals surface area contributed by atoms with Crippen LogP contribution in [0.15, 0.2) is 38.4 Å². The van der Waals surface area contributed by atoms with Crippen molar-refractivity contribution in [2.75, 3.05) is 245 Å². The summed E-state index contributed by atoms with van der Waals surface area (Å²) in [7, 11) is 21.3. The van der Waals surface area contributed by atoms with E-state index in [-0.39, 0.29) is 43.4 Å². The number of anilines is 15. The van der Waals surface area contributed by atoms with E-state index in [1.807, 2.05) is 102 Å². The lowest BCUT2D eigenvalue weighted by Crippen LogP contribution is -2.35. The van der Waals surface area contributed by atoms with E-state index in [0.717, 1.165) is 280 Å². The summed E-state index contributed by atoms with van der Waals surface area (Å²) in [4.78, 5) is 115. The molecule has 31 heteroatoms. The Morgan fingerprint density at radius 2 is 0.497 bits per heavy atom. The van der Waals surface area contributed by atoms with E-state index in [2.05, 4.69) is 245 Å². The lowest BCUT2D eigenvalue weighted by Gasteiger charge is -2.31. The first-order valence-corrected chi connectivity index (χ1v) is 55.6. The Kier molecular flexibility index (Phi) is 57.4. The Morgan fingerprint density at radius 3 is 0.818 bits per heavy atom. The highest BCUT2D eigenvalue weighted by molar-refractivity contribution is 7.73. The fourth-order valence-corrected chi connectivity index (χ4v) is 19.2. The summed E-state index contributed by atoms with van der Waals surface area (Å²) in [6.45, 7) is 75.9. The highest BCUT2D eigenvalue weighted by Crippen LogP contribution is 2.38. The van der Waals surface area contributed by atoms with Crippen molar-refractivity contribution in [3.05, 3.63) is 123 Å². The maximum Gasteiger partial charge on any atom is 0.224 e. The number of unbranched alkanes of at least 4 members (excludes halogenated alkanes) is 3. The molecular formula is C112H191N15O8S8. The maximum absolute atomic E-state index is 12.0. The second-order valence-corrected chi connectivity index (χ2v) is 50.1. The van der Waals surface area contributed by atoms with Gasteiger partial charge in [0, 0.05) is 175 Å². The Hall–Kier alpha value is -7.00. The Balaban J connectivity index is 0.000000818. The van der Waals surface area contributed by atoms with Gasteiger partial charge in [-0.15, -0.1) is 0 Å². The summed E-state index contributed by atoms with van der Waals surface area (Å²) < 4.78 is 3.79. The lowest BCUT2D eigenvalue weighted by molar-refractivity contribution is 0.367. The van der Waals surface area contributed by atoms with Crippen molar-refractivity contribution in [3.63, 3.8) is 0 Å². The standard InChI is InChI=1S/C16H28N2OS.2C15H26N2OS.3C14H24N2OS.C13H22N2OS.C11H17NOS/c1-7-18(8-2)13-12(14(19)15(13)20)17(6)11-9-10-16(3,4)5;1-7-16(5)12-11(13(18)14(12)19)17(6)10-8-9-15(2,3)4;1-6-17(7-2)12-11(13(18)14(12)19)16-10-8-9-15(3,4)5;1-14(2,3)8-7-9-16(6)10-11(15(4)5)13(18)12(10)17;1-6-15-10-11(12(17)13(10)18)16(5)9-7-8-14(2,3)4;1-6-16(5)11-10(12(17)13(11)18)15-9-7-8-14(2,3)4;1-13(2,3)7-6-8-15(5)10-9(14-4)12(17)11(10)16;1-3-4-5-6-7-8-9(12-2)11(14)10(8)13/h7-11H2,1-6H3;7-10H2,1-6H3;16H,6-10H2,1-5H3;7-9H2,1-6H3;2*15H,6-9H2,1-5H3;14H,6-8H2,1-5H3;12H,3-7H2,1-2H3. The first-order chi connectivity index (χ1) is 65.9. The molecule has 0 saturated heterocycles. The largest absolute Gasteiger partial charge is 0.387 e. The summed E-state index contributed by atoms with van der Waals surface area (Å²) in [5, 5.41) is 15.7. The zero-order chi connectivity index (χ0) is 111. The maximum atomic E-state index is 12.0. The highest BCUT2D eigenvalue weighted by Gasteiger charge is 2.31. The summed E-state index contributed by atoms with van der Waals surface area (Å²) >= 11 is 40.7. The van der Waals surface area contributed by atoms with Crippen LogP contribution in [-0.2, 0) is 6.42 Å². The molecule has 0 aliphatic rings. The van der Waals surface area contributed by atoms with E-state index in [1.54, 1.807) is 7.05 Å². The molecule has 0 atom stereocenters. The molecule has 0 saturated carbocycles. The van der Waals surface area contributed by atoms with E-state index >= 15 is 0 Å². The summed E-state index contributed by atoms with van der Waals surface area (Å²) in [5.41, 5.74) is 16.1. The number of rotatable bonds is 48. The fourth-order valence-electron chi connectivity index (χ4n) is 16.6. The van der Waals surface area contributed by atoms with Crippen molar-refractivity contribution in [1.29, 1.82) is 0 Å². The van der Waals surface area contributed by atoms with Gasteiger partial charge in [0.2, 0.25) is 43.4 Å². The van der Waals surface area contributed by atoms with Crippen molar-refractivity contribution < 1.29 is 0 Å². The summed E-state index contributed by atoms with van der Waals surface area (Å²) in [6.07, 6.45) is 21.3. The number of hydrogen-bond donors (Lipinski definition) is 5. The predicted molar refractivity (Wildman–Crippen MR) is 652 cm³/mol. The smallest absolute Gasteiger partial charge is 0.224 e. The second-order valence-electron chi connectivity index (χ2n) is 46.8. The van der Waals surface area contributed by atoms with Gasteiger partial charge in [-0.25, -0.2) is 0 Å². The molecule has 0 heterocycles. The molecule has 810 valence electrons. The normalized spacial score (nSPS) is 11.7. The molecule has 8 aromatic carbocycles. The van der Waals surface area contributed by atoms with Crippen molar-refractivity contribution in [1.82, 2.24) is 0 Å². The van der Waals surface area contributed by atoms with Crippen LogP contribution in [-0.4, -0.2) is 169 Å². The van der Waals surface area contributed by atoms with E-state index in [9.17, 15) is 38.4 Å². The van der Waals surface area contributed by atoms with Crippen LogP contribution in [0.1, 0.15) is 322 Å². The zero-order valence-corrected chi connectivity index (χ0v) is 103. The molecule has 0 unspecified atom stereocenters. The average molecular weight is 2130 g/mol. The summed E-state index contributed by atoms with van der Waals surface area (Å²) in [6, 6.07) is 0. The van der Waals surface area contributed by atoms with E-state index in [0.29, 0.717) is 79.7 Å². The quantitative estimate of drug-likeness (QED) is 0.0176. The van der Waals surface area contributed by atoms with Gasteiger partial charge in [0.05, 0.1) is 45.5 Å². The minimum atomic E-state index is -0.00365. The molecule has 0 fully saturated rings. The molecule has 8 aromatic rings. The van der Waals surface area contributed by atoms with Crippen LogP contribution in [0.2, 0.25) is 0 Å². The zero-order valence-electron chi connectivity index (χ0n) is 96.3. The minimum absolute atomic E-state index is 0.00242. The number of nitrogens with zero attached hydrogens (tertiary/aromatic N) is 10. The van der Waals surface area contributed by atoms with Crippen molar-refractivity contribution in [2.45, 2.75) is 323 Å². The van der Waals surface area contributed by atoms with Gasteiger partial charge in [-0.05, 0) is 189 Å². The average Bonchev–Trinajstić information content (AvgIpc) is 0.750. The number of hydrogen-bond acceptors (Lipinski definition) is 31. The number of nitrogens with one attached hydrogen (secondary N) is 5. The molecule has 143 heavy (non-hydrogen) atoms. The topological polar surface area (TPSA) is 229 Å². The molecule has 0 spiro atoms. The first-order valence-electron chi connectivity index (χ1n) is 52.3. The van der Waals surface area contributed by atoms with Gasteiger partial charge < -0.3 is 75.6 Å². The van der Waals surface area contributed by atoms with Gasteiger partial charge in [-0.2, -0.15) is 0 Å². The molecule has 8 rings (SSSR count). The Labute approximate surface area is 904 Å². The van der Waals surface area contributed by atoms with Crippen LogP contribution in [0, 0.1) is 74.0 Å². The van der Waals surface area contributed by atoms with E-state index in [4.69, 9.17) is 97.7 Å². The van der Waals surface area contributed by atoms with Crippen LogP contribution in [0.3, 0.4) is 0 Å². The Morgan fingerprint density at radius 1 is 0.231 bits per heavy atom. The molecule has 5 N–H and O–H groups in total. The van der Waals surface area contributed by atoms with Gasteiger partial charge >= 0.3 is 0 Å². The third kappa shape index (κ3) is 42.5. The molecule has 0 aliphatic carbocycles. The van der Waals surface area contributed by atoms with Crippen LogP contribution in [0.5, 0.6) is 0 Å². The molecule has 0 bridgehead atoms. The first kappa shape index (κ1) is 134. The third-order valence-corrected chi connectivity index (χ3v) is 28.5. The van der Waals surface area contributed by atoms with Gasteiger partial charge in [0.15, 0.2) is 0 Å². The predicted octanol–water partition coefficient (Wildman–Crippen LogP) is 26.3. The van der Waals surface area contributed by atoms with Crippen LogP contribution >= 0.6 is 97.7 Å². The molecule has 0 amide bonds. The van der Waals surface area contributed by atoms with Gasteiger partial charge in [0.1, 0.15) is 75.9 Å². The van der Waals surface area contributed by atoms with Crippen molar-refractivity contribution in [2.24, 2.45) is 37.9 Å². The van der Waals surface area contributed by atoms with Gasteiger partial charge in [0.25, 0.3) is 0 Å². The van der Waals surface area contributed by atoms with Gasteiger partial charge in [-0.1, -0.05) is 269 Å². The van der Waals surface area contributed by atoms with Gasteiger partial charge in [-0.3, -0.25) is 38.4 Å². The monoisotopic (exact) mass is 2130 g/mol. The molecule has 0 aromatic heterocycles. The van der Waals surface area contributed by atoms with Crippen molar-refractivity contribution in [3.8, 4) is 0 Å². The third-order valence-electron chi connectivity index (χ3n) is 25.4. The van der Waals surface area contributed by atoms with E-state index < -0.39 is 0 Å². The molecule has 0 radical (unpaired) electrons. The molecule has 23 nitrogen and oxygen atoms in total. The van der Waals surface area contributed by atoms with Crippen LogP contribution in [0.25, 0.3) is 0 Å². The Bertz CT molecular complexity index is 5830. The molecule has 0 aliphatic heterocycles. The van der Waals surface area contributed by atoms with Crippen molar-refractivity contribution >= 4 is 183 Å². The minimum Gasteiger partial charge on any atom is -0.387 e. The lowest BCUT2D eigenvalue weighted by atomic mass is 9.90. The highest BCUT2D eigenvalue weighted by atomic mass is 32.1. The second kappa shape index (κ2) is 61.2. The van der Waals surface area contributed by atoms with Crippen LogP contribution in [0.4, 0.5) is 85.3 Å². The summed E-state index contributed by atoms with van der Waals surface area (Å²) in [5.74, 6) is 0. The van der Waals surface area contributed by atoms with E-state index in [1.165, 1.54) is 19.3 Å². The van der Waals surface area contributed by atoms with Crippen LogP contribution < -0.4 is 119 Å². The molecular weight excluding hydrogens is 1940 g/mol.